The first-order valence-corrected chi connectivity index (χ1v) is 13.1. The molecule has 1 aliphatic rings. The van der Waals surface area contributed by atoms with Crippen LogP contribution in [0.4, 0.5) is 19.3 Å². The Labute approximate surface area is 237 Å². The summed E-state index contributed by atoms with van der Waals surface area (Å²) < 4.78 is 42.3. The van der Waals surface area contributed by atoms with Gasteiger partial charge in [-0.2, -0.15) is 5.10 Å². The molecule has 1 aliphatic heterocycles. The van der Waals surface area contributed by atoms with Gasteiger partial charge in [0.05, 0.1) is 29.8 Å². The predicted molar refractivity (Wildman–Crippen MR) is 148 cm³/mol. The molecule has 2 aromatic carbocycles. The number of carbonyl (C=O) groups excluding carboxylic acids is 2. The number of anilines is 1. The summed E-state index contributed by atoms with van der Waals surface area (Å²) in [5.41, 5.74) is -0.937. The Bertz CT molecular complexity index is 1490. The van der Waals surface area contributed by atoms with Crippen LogP contribution < -0.4 is 4.90 Å². The zero-order chi connectivity index (χ0) is 30.3. The minimum Gasteiger partial charge on any atom is -0.456 e. The molecule has 1 N–H and O–H groups in total. The van der Waals surface area contributed by atoms with E-state index >= 15 is 4.39 Å². The molecule has 9 nitrogen and oxygen atoms in total. The highest BCUT2D eigenvalue weighted by Crippen LogP contribution is 2.54. The number of halogens is 2. The molecule has 2 atom stereocenters. The first kappa shape index (κ1) is 29.9. The molecule has 0 radical (unpaired) electrons. The lowest BCUT2D eigenvalue weighted by Crippen LogP contribution is -2.45. The van der Waals surface area contributed by atoms with E-state index in [9.17, 15) is 19.1 Å². The second kappa shape index (κ2) is 11.0. The second-order valence-electron chi connectivity index (χ2n) is 11.8. The van der Waals surface area contributed by atoms with Gasteiger partial charge in [0, 0.05) is 12.6 Å². The maximum atomic E-state index is 15.3. The summed E-state index contributed by atoms with van der Waals surface area (Å²) >= 11 is 0. The quantitative estimate of drug-likeness (QED) is 0.402. The highest BCUT2D eigenvalue weighted by molar-refractivity contribution is 6.05. The van der Waals surface area contributed by atoms with Gasteiger partial charge in [-0.25, -0.2) is 23.4 Å². The van der Waals surface area contributed by atoms with Crippen LogP contribution in [0.15, 0.2) is 48.8 Å². The Morgan fingerprint density at radius 2 is 1.63 bits per heavy atom. The van der Waals surface area contributed by atoms with Crippen LogP contribution in [0, 0.1) is 11.6 Å². The van der Waals surface area contributed by atoms with Crippen molar-refractivity contribution in [3.05, 3.63) is 83.0 Å². The number of ether oxygens (including phenoxy) is 2. The van der Waals surface area contributed by atoms with Crippen LogP contribution in [-0.2, 0) is 16.5 Å². The number of benzene rings is 2. The summed E-state index contributed by atoms with van der Waals surface area (Å²) in [5.74, 6) is -2.59. The van der Waals surface area contributed by atoms with Crippen LogP contribution >= 0.6 is 0 Å². The summed E-state index contributed by atoms with van der Waals surface area (Å²) in [5, 5.41) is 14.4. The van der Waals surface area contributed by atoms with E-state index in [4.69, 9.17) is 9.47 Å². The fourth-order valence-electron chi connectivity index (χ4n) is 4.92. The third kappa shape index (κ3) is 6.30. The number of amides is 1. The van der Waals surface area contributed by atoms with Crippen molar-refractivity contribution in [3.8, 4) is 0 Å². The molecule has 0 saturated carbocycles. The maximum Gasteiger partial charge on any atom is 0.415 e. The number of aryl methyl sites for hydroxylation is 1. The van der Waals surface area contributed by atoms with Crippen molar-refractivity contribution >= 4 is 23.3 Å². The fourth-order valence-corrected chi connectivity index (χ4v) is 4.92. The Balaban J connectivity index is 2.13. The first-order chi connectivity index (χ1) is 19.1. The third-order valence-corrected chi connectivity index (χ3v) is 6.32. The largest absolute Gasteiger partial charge is 0.456 e. The van der Waals surface area contributed by atoms with Crippen molar-refractivity contribution in [2.24, 2.45) is 7.05 Å². The number of aliphatic hydroxyl groups excluding tert-OH is 1. The Morgan fingerprint density at radius 1 is 1.00 bits per heavy atom. The fraction of sp³-hybridized carbons (Fsp3) is 0.400. The molecule has 11 heteroatoms. The Hall–Kier alpha value is -4.12. The highest BCUT2D eigenvalue weighted by Gasteiger charge is 2.47. The molecule has 0 aliphatic carbocycles. The normalized spacial score (nSPS) is 18.3. The topological polar surface area (TPSA) is 107 Å². The van der Waals surface area contributed by atoms with Gasteiger partial charge < -0.3 is 14.6 Å². The Morgan fingerprint density at radius 3 is 2.17 bits per heavy atom. The van der Waals surface area contributed by atoms with Gasteiger partial charge in [0.25, 0.3) is 0 Å². The summed E-state index contributed by atoms with van der Waals surface area (Å²) in [6.07, 6.45) is 1.98. The molecule has 0 spiro atoms. The van der Waals surface area contributed by atoms with Crippen LogP contribution in [0.1, 0.15) is 80.8 Å². The molecular weight excluding hydrogens is 534 g/mol. The van der Waals surface area contributed by atoms with Gasteiger partial charge >= 0.3 is 12.1 Å². The standard InChI is InChI=1S/C30H34F2N4O5/c1-29(2,3)40-27(38)21-14-19(32)15-22-23(21)20(12-13-37)24(26-33-16-34-35(26)7)25(17-8-10-18(31)11-9-17)36(22)28(39)41-30(4,5)6/h8-12,14-16,24-25,37H,13H2,1-7H3. The summed E-state index contributed by atoms with van der Waals surface area (Å²) in [6.45, 7) is 9.67. The van der Waals surface area contributed by atoms with E-state index in [0.29, 0.717) is 17.0 Å². The van der Waals surface area contributed by atoms with Crippen molar-refractivity contribution in [3.63, 3.8) is 0 Å². The predicted octanol–water partition coefficient (Wildman–Crippen LogP) is 5.70. The lowest BCUT2D eigenvalue weighted by molar-refractivity contribution is 0.00678. The third-order valence-electron chi connectivity index (χ3n) is 6.32. The molecule has 0 bridgehead atoms. The van der Waals surface area contributed by atoms with E-state index in [1.165, 1.54) is 46.3 Å². The number of nitrogens with zero attached hydrogens (tertiary/aromatic N) is 4. The average molecular weight is 569 g/mol. The number of aliphatic hydroxyl groups is 1. The Kier molecular flexibility index (Phi) is 8.04. The number of fused-ring (bicyclic) bond motifs is 1. The molecule has 4 rings (SSSR count). The first-order valence-electron chi connectivity index (χ1n) is 13.1. The lowest BCUT2D eigenvalue weighted by Gasteiger charge is -2.44. The molecular formula is C30H34F2N4O5. The molecule has 0 fully saturated rings. The smallest absolute Gasteiger partial charge is 0.415 e. The summed E-state index contributed by atoms with van der Waals surface area (Å²) in [7, 11) is 1.66. The molecule has 2 unspecified atom stereocenters. The number of hydrogen-bond donors (Lipinski definition) is 1. The highest BCUT2D eigenvalue weighted by atomic mass is 19.1. The molecule has 2 heterocycles. The summed E-state index contributed by atoms with van der Waals surface area (Å²) in [6, 6.07) is 6.72. The van der Waals surface area contributed by atoms with Crippen molar-refractivity contribution in [1.29, 1.82) is 0 Å². The van der Waals surface area contributed by atoms with Crippen LogP contribution in [0.3, 0.4) is 0 Å². The number of esters is 1. The van der Waals surface area contributed by atoms with Gasteiger partial charge in [0.1, 0.15) is 35.0 Å². The van der Waals surface area contributed by atoms with E-state index in [1.807, 2.05) is 0 Å². The second-order valence-corrected chi connectivity index (χ2v) is 11.8. The monoisotopic (exact) mass is 568 g/mol. The van der Waals surface area contributed by atoms with Crippen LogP contribution in [0.5, 0.6) is 0 Å². The minimum atomic E-state index is -0.966. The van der Waals surface area contributed by atoms with E-state index < -0.39 is 53.5 Å². The van der Waals surface area contributed by atoms with Gasteiger partial charge in [-0.15, -0.1) is 0 Å². The minimum absolute atomic E-state index is 0.0209. The zero-order valence-electron chi connectivity index (χ0n) is 24.1. The van der Waals surface area contributed by atoms with Gasteiger partial charge in [0.15, 0.2) is 0 Å². The molecule has 0 saturated heterocycles. The van der Waals surface area contributed by atoms with Crippen LogP contribution in [0.25, 0.3) is 5.57 Å². The molecule has 218 valence electrons. The van der Waals surface area contributed by atoms with Gasteiger partial charge in [-0.05, 0) is 76.9 Å². The van der Waals surface area contributed by atoms with E-state index in [2.05, 4.69) is 10.1 Å². The van der Waals surface area contributed by atoms with Gasteiger partial charge in [-0.1, -0.05) is 18.2 Å². The van der Waals surface area contributed by atoms with E-state index in [-0.39, 0.29) is 16.8 Å². The number of rotatable bonds is 4. The number of hydrogen-bond acceptors (Lipinski definition) is 7. The van der Waals surface area contributed by atoms with Gasteiger partial charge in [0.2, 0.25) is 0 Å². The molecule has 1 aromatic heterocycles. The summed E-state index contributed by atoms with van der Waals surface area (Å²) in [4.78, 5) is 33.2. The van der Waals surface area contributed by atoms with Crippen molar-refractivity contribution in [2.45, 2.75) is 64.7 Å². The lowest BCUT2D eigenvalue weighted by atomic mass is 9.76. The average Bonchev–Trinajstić information content (AvgIpc) is 3.26. The SMILES string of the molecule is Cn1ncnc1C1C(=CCO)c2c(C(=O)OC(C)(C)C)cc(F)cc2N(C(=O)OC(C)(C)C)C1c1ccc(F)cc1. The van der Waals surface area contributed by atoms with Crippen LogP contribution in [0.2, 0.25) is 0 Å². The molecule has 1 amide bonds. The van der Waals surface area contributed by atoms with Crippen molar-refractivity contribution in [1.82, 2.24) is 14.8 Å². The molecule has 3 aromatic rings. The van der Waals surface area contributed by atoms with Crippen LogP contribution in [-0.4, -0.2) is 49.7 Å². The van der Waals surface area contributed by atoms with Crippen molar-refractivity contribution in [2.75, 3.05) is 11.5 Å². The van der Waals surface area contributed by atoms with E-state index in [1.54, 1.807) is 48.6 Å². The number of carbonyl (C=O) groups is 2. The maximum absolute atomic E-state index is 15.3. The zero-order valence-corrected chi connectivity index (χ0v) is 24.1. The van der Waals surface area contributed by atoms with Crippen molar-refractivity contribution < 1.29 is 33.0 Å². The van der Waals surface area contributed by atoms with Gasteiger partial charge in [-0.3, -0.25) is 9.58 Å². The molecule has 41 heavy (non-hydrogen) atoms. The number of aromatic nitrogens is 3. The van der Waals surface area contributed by atoms with E-state index in [0.717, 1.165) is 12.1 Å².